The Labute approximate surface area is 136 Å². The first kappa shape index (κ1) is 14.3. The molecular formula is C17H21ClN2O2. The van der Waals surface area contributed by atoms with E-state index in [2.05, 4.69) is 4.90 Å². The second kappa shape index (κ2) is 5.74. The molecule has 2 atom stereocenters. The molecule has 118 valence electrons. The number of nitrogens with zero attached hydrogens (tertiary/aromatic N) is 2. The van der Waals surface area contributed by atoms with Crippen molar-refractivity contribution in [3.05, 3.63) is 28.8 Å². The predicted octanol–water partition coefficient (Wildman–Crippen LogP) is 2.34. The first-order chi connectivity index (χ1) is 10.7. The third-order valence-electron chi connectivity index (χ3n) is 5.12. The number of amides is 1. The van der Waals surface area contributed by atoms with Gasteiger partial charge in [-0.25, -0.2) is 0 Å². The van der Waals surface area contributed by atoms with Crippen LogP contribution in [0.4, 0.5) is 0 Å². The molecule has 2 unspecified atom stereocenters. The summed E-state index contributed by atoms with van der Waals surface area (Å²) in [4.78, 5) is 17.3. The van der Waals surface area contributed by atoms with E-state index in [1.165, 1.54) is 25.8 Å². The number of piperazine rings is 1. The van der Waals surface area contributed by atoms with E-state index in [0.29, 0.717) is 17.5 Å². The summed E-state index contributed by atoms with van der Waals surface area (Å²) in [5.41, 5.74) is 1.04. The van der Waals surface area contributed by atoms with Crippen LogP contribution < -0.4 is 4.74 Å². The lowest BCUT2D eigenvalue weighted by Crippen LogP contribution is -2.58. The van der Waals surface area contributed by atoms with Gasteiger partial charge in [-0.3, -0.25) is 9.69 Å². The highest BCUT2D eigenvalue weighted by Gasteiger charge is 2.37. The van der Waals surface area contributed by atoms with E-state index < -0.39 is 0 Å². The van der Waals surface area contributed by atoms with Gasteiger partial charge in [0.15, 0.2) is 6.10 Å². The van der Waals surface area contributed by atoms with E-state index in [4.69, 9.17) is 16.3 Å². The third-order valence-corrected chi connectivity index (χ3v) is 5.36. The molecule has 0 saturated carbocycles. The average molecular weight is 321 g/mol. The van der Waals surface area contributed by atoms with E-state index in [1.54, 1.807) is 0 Å². The SMILES string of the molecule is O=C(C1Cc2cc(Cl)ccc2O1)N1CCN2CCCCC2C1. The maximum Gasteiger partial charge on any atom is 0.264 e. The van der Waals surface area contributed by atoms with E-state index in [1.807, 2.05) is 23.1 Å². The Bertz CT molecular complexity index is 592. The van der Waals surface area contributed by atoms with Crippen LogP contribution in [0.5, 0.6) is 5.75 Å². The summed E-state index contributed by atoms with van der Waals surface area (Å²) in [5.74, 6) is 0.941. The van der Waals surface area contributed by atoms with Crippen molar-refractivity contribution in [1.82, 2.24) is 9.80 Å². The quantitative estimate of drug-likeness (QED) is 0.796. The van der Waals surface area contributed by atoms with Crippen LogP contribution >= 0.6 is 11.6 Å². The molecule has 5 heteroatoms. The Morgan fingerprint density at radius 3 is 3.05 bits per heavy atom. The summed E-state index contributed by atoms with van der Waals surface area (Å²) >= 11 is 6.02. The molecule has 0 aliphatic carbocycles. The summed E-state index contributed by atoms with van der Waals surface area (Å²) in [7, 11) is 0. The van der Waals surface area contributed by atoms with Gasteiger partial charge in [0.2, 0.25) is 0 Å². The molecule has 0 radical (unpaired) electrons. The van der Waals surface area contributed by atoms with Crippen molar-refractivity contribution in [2.75, 3.05) is 26.2 Å². The number of carbonyl (C=O) groups is 1. The Balaban J connectivity index is 1.43. The lowest BCUT2D eigenvalue weighted by Gasteiger charge is -2.44. The van der Waals surface area contributed by atoms with Crippen LogP contribution in [0.1, 0.15) is 24.8 Å². The Morgan fingerprint density at radius 1 is 1.23 bits per heavy atom. The van der Waals surface area contributed by atoms with Crippen molar-refractivity contribution in [3.63, 3.8) is 0 Å². The van der Waals surface area contributed by atoms with Gasteiger partial charge in [-0.1, -0.05) is 18.0 Å². The fourth-order valence-electron chi connectivity index (χ4n) is 3.91. The van der Waals surface area contributed by atoms with Crippen LogP contribution in [0.2, 0.25) is 5.02 Å². The van der Waals surface area contributed by atoms with Crippen molar-refractivity contribution in [2.24, 2.45) is 0 Å². The van der Waals surface area contributed by atoms with Gasteiger partial charge < -0.3 is 9.64 Å². The number of carbonyl (C=O) groups excluding carboxylic acids is 1. The Morgan fingerprint density at radius 2 is 2.14 bits per heavy atom. The molecule has 3 aliphatic heterocycles. The van der Waals surface area contributed by atoms with Gasteiger partial charge in [0.1, 0.15) is 5.75 Å². The lowest BCUT2D eigenvalue weighted by molar-refractivity contribution is -0.141. The molecule has 0 bridgehead atoms. The molecule has 0 aromatic heterocycles. The number of ether oxygens (including phenoxy) is 1. The van der Waals surface area contributed by atoms with E-state index >= 15 is 0 Å². The van der Waals surface area contributed by atoms with Crippen molar-refractivity contribution < 1.29 is 9.53 Å². The van der Waals surface area contributed by atoms with Crippen LogP contribution in [0, 0.1) is 0 Å². The highest BCUT2D eigenvalue weighted by molar-refractivity contribution is 6.30. The molecule has 4 rings (SSSR count). The Hall–Kier alpha value is -1.26. The Kier molecular flexibility index (Phi) is 3.74. The summed E-state index contributed by atoms with van der Waals surface area (Å²) in [6.45, 7) is 3.88. The molecule has 2 fully saturated rings. The van der Waals surface area contributed by atoms with Crippen molar-refractivity contribution in [2.45, 2.75) is 37.8 Å². The van der Waals surface area contributed by atoms with Crippen LogP contribution in [-0.4, -0.2) is 54.0 Å². The van der Waals surface area contributed by atoms with Gasteiger partial charge in [0.25, 0.3) is 5.91 Å². The molecule has 3 heterocycles. The minimum Gasteiger partial charge on any atom is -0.480 e. The van der Waals surface area contributed by atoms with Crippen molar-refractivity contribution >= 4 is 17.5 Å². The zero-order valence-corrected chi connectivity index (χ0v) is 13.4. The number of hydrogen-bond acceptors (Lipinski definition) is 3. The van der Waals surface area contributed by atoms with Gasteiger partial charge in [-0.15, -0.1) is 0 Å². The summed E-state index contributed by atoms with van der Waals surface area (Å²) in [6, 6.07) is 6.13. The van der Waals surface area contributed by atoms with Gasteiger partial charge in [-0.2, -0.15) is 0 Å². The molecule has 2 saturated heterocycles. The van der Waals surface area contributed by atoms with Crippen LogP contribution in [0.25, 0.3) is 0 Å². The lowest BCUT2D eigenvalue weighted by atomic mass is 9.99. The predicted molar refractivity (Wildman–Crippen MR) is 85.4 cm³/mol. The molecule has 0 N–H and O–H groups in total. The largest absolute Gasteiger partial charge is 0.480 e. The minimum absolute atomic E-state index is 0.137. The summed E-state index contributed by atoms with van der Waals surface area (Å²) < 4.78 is 5.85. The number of hydrogen-bond donors (Lipinski definition) is 0. The first-order valence-electron chi connectivity index (χ1n) is 8.18. The third kappa shape index (κ3) is 2.59. The molecule has 0 spiro atoms. The number of rotatable bonds is 1. The standard InChI is InChI=1S/C17H21ClN2O2/c18-13-4-5-15-12(9-13)10-16(22-15)17(21)20-8-7-19-6-2-1-3-14(19)11-20/h4-5,9,14,16H,1-3,6-8,10-11H2. The smallest absolute Gasteiger partial charge is 0.264 e. The summed E-state index contributed by atoms with van der Waals surface area (Å²) in [6.07, 6.45) is 4.06. The van der Waals surface area contributed by atoms with E-state index in [0.717, 1.165) is 30.9 Å². The van der Waals surface area contributed by atoms with Crippen LogP contribution in [0.15, 0.2) is 18.2 Å². The number of piperidine rings is 1. The summed E-state index contributed by atoms with van der Waals surface area (Å²) in [5, 5.41) is 0.700. The first-order valence-corrected chi connectivity index (χ1v) is 8.56. The molecule has 4 nitrogen and oxygen atoms in total. The average Bonchev–Trinajstić information content (AvgIpc) is 2.96. The van der Waals surface area contributed by atoms with Crippen LogP contribution in [-0.2, 0) is 11.2 Å². The minimum atomic E-state index is -0.372. The number of fused-ring (bicyclic) bond motifs is 2. The zero-order valence-electron chi connectivity index (χ0n) is 12.6. The molecule has 1 aromatic rings. The number of benzene rings is 1. The second-order valence-electron chi connectivity index (χ2n) is 6.53. The molecule has 22 heavy (non-hydrogen) atoms. The molecule has 3 aliphatic rings. The maximum atomic E-state index is 12.8. The highest BCUT2D eigenvalue weighted by Crippen LogP contribution is 2.32. The highest BCUT2D eigenvalue weighted by atomic mass is 35.5. The van der Waals surface area contributed by atoms with Crippen molar-refractivity contribution in [1.29, 1.82) is 0 Å². The molecular weight excluding hydrogens is 300 g/mol. The monoisotopic (exact) mass is 320 g/mol. The van der Waals surface area contributed by atoms with Crippen LogP contribution in [0.3, 0.4) is 0 Å². The second-order valence-corrected chi connectivity index (χ2v) is 6.97. The van der Waals surface area contributed by atoms with Gasteiger partial charge in [0, 0.05) is 37.1 Å². The van der Waals surface area contributed by atoms with E-state index in [9.17, 15) is 4.79 Å². The maximum absolute atomic E-state index is 12.8. The zero-order chi connectivity index (χ0) is 15.1. The molecule has 1 aromatic carbocycles. The van der Waals surface area contributed by atoms with Gasteiger partial charge in [-0.05, 0) is 43.1 Å². The van der Waals surface area contributed by atoms with E-state index in [-0.39, 0.29) is 12.0 Å². The van der Waals surface area contributed by atoms with Gasteiger partial charge in [0.05, 0.1) is 0 Å². The normalized spacial score (nSPS) is 28.0. The fourth-order valence-corrected chi connectivity index (χ4v) is 4.11. The van der Waals surface area contributed by atoms with Gasteiger partial charge >= 0.3 is 0 Å². The van der Waals surface area contributed by atoms with Crippen molar-refractivity contribution in [3.8, 4) is 5.75 Å². The molecule has 1 amide bonds. The fraction of sp³-hybridized carbons (Fsp3) is 0.588. The number of halogens is 1. The topological polar surface area (TPSA) is 32.8 Å².